The second-order valence-electron chi connectivity index (χ2n) is 4.40. The highest BCUT2D eigenvalue weighted by atomic mass is 32.2. The van der Waals surface area contributed by atoms with Crippen molar-refractivity contribution >= 4 is 33.3 Å². The lowest BCUT2D eigenvalue weighted by Gasteiger charge is -2.03. The molecule has 0 aliphatic rings. The molecule has 2 heterocycles. The Morgan fingerprint density at radius 3 is 2.86 bits per heavy atom. The highest BCUT2D eigenvalue weighted by molar-refractivity contribution is 7.99. The van der Waals surface area contributed by atoms with Crippen molar-refractivity contribution in [1.29, 1.82) is 5.26 Å². The molecule has 2 aromatic heterocycles. The maximum atomic E-state index is 12.4. The summed E-state index contributed by atoms with van der Waals surface area (Å²) in [6.45, 7) is 0. The average molecular weight is 313 g/mol. The summed E-state index contributed by atoms with van der Waals surface area (Å²) < 4.78 is 1.51. The van der Waals surface area contributed by atoms with Gasteiger partial charge >= 0.3 is 0 Å². The number of thioether (sulfide) groups is 1. The summed E-state index contributed by atoms with van der Waals surface area (Å²) in [6.07, 6.45) is 0. The van der Waals surface area contributed by atoms with Crippen LogP contribution >= 0.6 is 23.1 Å². The minimum Gasteiger partial charge on any atom is -0.290 e. The minimum atomic E-state index is -0.0705. The van der Waals surface area contributed by atoms with Gasteiger partial charge in [0.25, 0.3) is 5.56 Å². The van der Waals surface area contributed by atoms with Gasteiger partial charge in [0.1, 0.15) is 4.83 Å². The van der Waals surface area contributed by atoms with Crippen LogP contribution < -0.4 is 5.56 Å². The molecule has 4 nitrogen and oxygen atoms in total. The summed E-state index contributed by atoms with van der Waals surface area (Å²) in [5, 5.41) is 9.88. The molecular formula is C15H11N3OS2. The molecule has 0 N–H and O–H groups in total. The molecule has 21 heavy (non-hydrogen) atoms. The van der Waals surface area contributed by atoms with Gasteiger partial charge < -0.3 is 0 Å². The summed E-state index contributed by atoms with van der Waals surface area (Å²) in [7, 11) is 1.69. The van der Waals surface area contributed by atoms with Gasteiger partial charge in [0.05, 0.1) is 17.2 Å². The smallest absolute Gasteiger partial charge is 0.262 e. The first-order chi connectivity index (χ1) is 10.2. The van der Waals surface area contributed by atoms with Gasteiger partial charge in [0.15, 0.2) is 5.16 Å². The first-order valence-electron chi connectivity index (χ1n) is 6.26. The SMILES string of the molecule is Cn1c(SCC#N)nc2sc(-c3ccccc3)cc2c1=O. The third kappa shape index (κ3) is 2.58. The maximum Gasteiger partial charge on any atom is 0.262 e. The molecule has 104 valence electrons. The van der Waals surface area contributed by atoms with Gasteiger partial charge in [0.2, 0.25) is 0 Å². The lowest BCUT2D eigenvalue weighted by Crippen LogP contribution is -2.19. The molecule has 0 aliphatic heterocycles. The molecule has 0 amide bonds. The Morgan fingerprint density at radius 1 is 1.38 bits per heavy atom. The van der Waals surface area contributed by atoms with Crippen molar-refractivity contribution in [2.24, 2.45) is 7.05 Å². The Balaban J connectivity index is 2.16. The topological polar surface area (TPSA) is 58.7 Å². The molecule has 0 spiro atoms. The van der Waals surface area contributed by atoms with E-state index < -0.39 is 0 Å². The molecule has 0 saturated heterocycles. The summed E-state index contributed by atoms with van der Waals surface area (Å²) in [6, 6.07) is 13.9. The van der Waals surface area contributed by atoms with Crippen LogP contribution in [0, 0.1) is 11.3 Å². The molecule has 0 bridgehead atoms. The van der Waals surface area contributed by atoms with Gasteiger partial charge in [0, 0.05) is 11.9 Å². The second-order valence-corrected chi connectivity index (χ2v) is 6.37. The van der Waals surface area contributed by atoms with Crippen molar-refractivity contribution in [3.63, 3.8) is 0 Å². The monoisotopic (exact) mass is 313 g/mol. The Kier molecular flexibility index (Phi) is 3.78. The number of benzene rings is 1. The van der Waals surface area contributed by atoms with Crippen molar-refractivity contribution < 1.29 is 0 Å². The number of thiophene rings is 1. The zero-order chi connectivity index (χ0) is 14.8. The van der Waals surface area contributed by atoms with Gasteiger partial charge in [-0.25, -0.2) is 4.98 Å². The second kappa shape index (κ2) is 5.72. The minimum absolute atomic E-state index is 0.0705. The van der Waals surface area contributed by atoms with Gasteiger partial charge in [-0.05, 0) is 11.6 Å². The summed E-state index contributed by atoms with van der Waals surface area (Å²) >= 11 is 2.78. The van der Waals surface area contributed by atoms with Crippen LogP contribution in [0.3, 0.4) is 0 Å². The standard InChI is InChI=1S/C15H11N3OS2/c1-18-14(19)11-9-12(10-5-3-2-4-6-10)21-13(11)17-15(18)20-8-7-16/h2-6,9H,8H2,1H3. The Labute approximate surface area is 129 Å². The number of nitrogens with zero attached hydrogens (tertiary/aromatic N) is 3. The normalized spacial score (nSPS) is 10.7. The quantitative estimate of drug-likeness (QED) is 0.550. The number of hydrogen-bond acceptors (Lipinski definition) is 5. The summed E-state index contributed by atoms with van der Waals surface area (Å²) in [5.74, 6) is 0.280. The van der Waals surface area contributed by atoms with E-state index in [1.807, 2.05) is 36.4 Å². The van der Waals surface area contributed by atoms with Crippen molar-refractivity contribution in [3.05, 3.63) is 46.8 Å². The van der Waals surface area contributed by atoms with E-state index in [0.29, 0.717) is 10.5 Å². The van der Waals surface area contributed by atoms with Crippen LogP contribution in [0.2, 0.25) is 0 Å². The van der Waals surface area contributed by atoms with Gasteiger partial charge in [-0.1, -0.05) is 42.1 Å². The lowest BCUT2D eigenvalue weighted by atomic mass is 10.2. The zero-order valence-corrected chi connectivity index (χ0v) is 12.9. The largest absolute Gasteiger partial charge is 0.290 e. The fourth-order valence-electron chi connectivity index (χ4n) is 2.02. The molecule has 0 unspecified atom stereocenters. The molecule has 0 aliphatic carbocycles. The van der Waals surface area contributed by atoms with Gasteiger partial charge in [-0.3, -0.25) is 9.36 Å². The summed E-state index contributed by atoms with van der Waals surface area (Å²) in [4.78, 5) is 18.6. The van der Waals surface area contributed by atoms with Gasteiger partial charge in [-0.2, -0.15) is 5.26 Å². The van der Waals surface area contributed by atoms with E-state index in [0.717, 1.165) is 15.3 Å². The van der Waals surface area contributed by atoms with E-state index in [9.17, 15) is 4.79 Å². The molecule has 3 rings (SSSR count). The molecule has 6 heteroatoms. The van der Waals surface area contributed by atoms with Crippen LogP contribution in [0.5, 0.6) is 0 Å². The average Bonchev–Trinajstić information content (AvgIpc) is 2.94. The van der Waals surface area contributed by atoms with Crippen LogP contribution in [-0.2, 0) is 7.05 Å². The van der Waals surface area contributed by atoms with E-state index in [2.05, 4.69) is 11.1 Å². The molecule has 0 saturated carbocycles. The number of aromatic nitrogens is 2. The third-order valence-corrected chi connectivity index (χ3v) is 5.03. The lowest BCUT2D eigenvalue weighted by molar-refractivity contribution is 0.729. The molecule has 0 fully saturated rings. The first kappa shape index (κ1) is 13.9. The Morgan fingerprint density at radius 2 is 2.14 bits per heavy atom. The van der Waals surface area contributed by atoms with Crippen molar-refractivity contribution in [2.45, 2.75) is 5.16 Å². The van der Waals surface area contributed by atoms with Crippen molar-refractivity contribution in [3.8, 4) is 16.5 Å². The fraction of sp³-hybridized carbons (Fsp3) is 0.133. The van der Waals surface area contributed by atoms with Crippen LogP contribution in [0.15, 0.2) is 46.3 Å². The molecule has 3 aromatic rings. The molecule has 1 aromatic carbocycles. The Bertz CT molecular complexity index is 891. The maximum absolute atomic E-state index is 12.4. The highest BCUT2D eigenvalue weighted by Gasteiger charge is 2.13. The number of nitriles is 1. The van der Waals surface area contributed by atoms with E-state index in [1.165, 1.54) is 27.7 Å². The Hall–Kier alpha value is -2.10. The highest BCUT2D eigenvalue weighted by Crippen LogP contribution is 2.31. The first-order valence-corrected chi connectivity index (χ1v) is 8.06. The predicted molar refractivity (Wildman–Crippen MR) is 86.6 cm³/mol. The summed E-state index contributed by atoms with van der Waals surface area (Å²) in [5.41, 5.74) is 1.01. The number of fused-ring (bicyclic) bond motifs is 1. The fourth-order valence-corrected chi connectivity index (χ4v) is 3.73. The predicted octanol–water partition coefficient (Wildman–Crippen LogP) is 3.28. The van der Waals surface area contributed by atoms with E-state index in [4.69, 9.17) is 5.26 Å². The number of hydrogen-bond donors (Lipinski definition) is 0. The van der Waals surface area contributed by atoms with Crippen LogP contribution in [-0.4, -0.2) is 15.3 Å². The van der Waals surface area contributed by atoms with Crippen LogP contribution in [0.4, 0.5) is 0 Å². The van der Waals surface area contributed by atoms with Gasteiger partial charge in [-0.15, -0.1) is 11.3 Å². The molecule has 0 radical (unpaired) electrons. The van der Waals surface area contributed by atoms with Crippen molar-refractivity contribution in [2.75, 3.05) is 5.75 Å². The van der Waals surface area contributed by atoms with E-state index in [-0.39, 0.29) is 11.3 Å². The molecule has 0 atom stereocenters. The number of rotatable bonds is 3. The van der Waals surface area contributed by atoms with E-state index >= 15 is 0 Å². The van der Waals surface area contributed by atoms with Crippen molar-refractivity contribution in [1.82, 2.24) is 9.55 Å². The zero-order valence-electron chi connectivity index (χ0n) is 11.2. The van der Waals surface area contributed by atoms with E-state index in [1.54, 1.807) is 7.05 Å². The molecular weight excluding hydrogens is 302 g/mol. The van der Waals surface area contributed by atoms with Crippen LogP contribution in [0.25, 0.3) is 20.7 Å². The third-order valence-electron chi connectivity index (χ3n) is 3.06. The van der Waals surface area contributed by atoms with Crippen LogP contribution in [0.1, 0.15) is 0 Å².